The molecule has 0 saturated carbocycles. The zero-order chi connectivity index (χ0) is 17.4. The van der Waals surface area contributed by atoms with E-state index < -0.39 is 12.5 Å². The number of alkyl halides is 2. The number of carbonyl (C=O) groups is 1. The average molecular weight is 339 g/mol. The number of aryl methyl sites for hydroxylation is 3. The van der Waals surface area contributed by atoms with Gasteiger partial charge >= 0.3 is 12.2 Å². The maximum absolute atomic E-state index is 13.1. The number of hydrogen-bond donors (Lipinski definition) is 1. The molecule has 1 aliphatic rings. The number of halogens is 2. The normalized spacial score (nSPS) is 17.6. The van der Waals surface area contributed by atoms with Gasteiger partial charge in [-0.15, -0.1) is 0 Å². The maximum Gasteiger partial charge on any atom is 0.345 e. The van der Waals surface area contributed by atoms with Crippen molar-refractivity contribution in [3.05, 3.63) is 39.8 Å². The first-order chi connectivity index (χ1) is 11.4. The van der Waals surface area contributed by atoms with Gasteiger partial charge in [0.1, 0.15) is 11.5 Å². The molecule has 1 N–H and O–H groups in total. The summed E-state index contributed by atoms with van der Waals surface area (Å²) in [6.45, 7) is -0.784. The third-order valence-corrected chi connectivity index (χ3v) is 4.39. The predicted octanol–water partition coefficient (Wildman–Crippen LogP) is 1.22. The van der Waals surface area contributed by atoms with Crippen molar-refractivity contribution in [3.8, 4) is 0 Å². The van der Waals surface area contributed by atoms with Crippen molar-refractivity contribution in [3.63, 3.8) is 0 Å². The molecule has 1 aliphatic heterocycles. The zero-order valence-corrected chi connectivity index (χ0v) is 13.5. The number of rotatable bonds is 3. The van der Waals surface area contributed by atoms with Crippen LogP contribution in [0.1, 0.15) is 41.4 Å². The first-order valence-corrected chi connectivity index (χ1v) is 7.78. The molecule has 1 unspecified atom stereocenters. The van der Waals surface area contributed by atoms with E-state index in [4.69, 9.17) is 0 Å². The average Bonchev–Trinajstić information content (AvgIpc) is 2.96. The molecule has 3 rings (SSSR count). The summed E-state index contributed by atoms with van der Waals surface area (Å²) in [6, 6.07) is 2.70. The van der Waals surface area contributed by atoms with E-state index >= 15 is 0 Å². The molecule has 0 radical (unpaired) electrons. The topological polar surface area (TPSA) is 73.8 Å². The molecule has 0 bridgehead atoms. The summed E-state index contributed by atoms with van der Waals surface area (Å²) in [5.41, 5.74) is 0.0965. The van der Waals surface area contributed by atoms with E-state index in [0.717, 1.165) is 0 Å². The van der Waals surface area contributed by atoms with Crippen LogP contribution in [0.3, 0.4) is 0 Å². The van der Waals surface area contributed by atoms with Crippen LogP contribution in [0.15, 0.2) is 16.9 Å². The van der Waals surface area contributed by atoms with Crippen molar-refractivity contribution in [2.24, 2.45) is 7.05 Å². The van der Waals surface area contributed by atoms with Crippen LogP contribution < -0.4 is 11.0 Å². The molecule has 1 amide bonds. The number of carbonyl (C=O) groups excluding carboxylic acids is 1. The Labute approximate surface area is 136 Å². The van der Waals surface area contributed by atoms with Crippen molar-refractivity contribution in [2.75, 3.05) is 0 Å². The van der Waals surface area contributed by atoms with Gasteiger partial charge in [0.05, 0.1) is 0 Å². The second-order valence-corrected chi connectivity index (χ2v) is 5.98. The minimum absolute atomic E-state index is 0.0552. The van der Waals surface area contributed by atoms with Crippen LogP contribution in [0.2, 0.25) is 0 Å². The van der Waals surface area contributed by atoms with Gasteiger partial charge < -0.3 is 5.32 Å². The van der Waals surface area contributed by atoms with Crippen LogP contribution in [0.5, 0.6) is 0 Å². The van der Waals surface area contributed by atoms with Gasteiger partial charge in [-0.2, -0.15) is 13.9 Å². The van der Waals surface area contributed by atoms with E-state index in [2.05, 4.69) is 10.4 Å². The lowest BCUT2D eigenvalue weighted by molar-refractivity contribution is 0.0613. The number of aromatic nitrogens is 4. The van der Waals surface area contributed by atoms with Crippen LogP contribution >= 0.6 is 0 Å². The third-order valence-electron chi connectivity index (χ3n) is 4.39. The molecule has 1 atom stereocenters. The Kier molecular flexibility index (Phi) is 4.25. The molecule has 0 aromatic carbocycles. The Morgan fingerprint density at radius 2 is 2.12 bits per heavy atom. The van der Waals surface area contributed by atoms with Gasteiger partial charge in [0, 0.05) is 31.7 Å². The highest BCUT2D eigenvalue weighted by molar-refractivity contribution is 5.93. The van der Waals surface area contributed by atoms with Crippen LogP contribution in [-0.4, -0.2) is 30.9 Å². The van der Waals surface area contributed by atoms with E-state index in [1.165, 1.54) is 23.7 Å². The van der Waals surface area contributed by atoms with Gasteiger partial charge in [0.15, 0.2) is 0 Å². The van der Waals surface area contributed by atoms with Crippen molar-refractivity contribution in [2.45, 2.75) is 45.3 Å². The van der Waals surface area contributed by atoms with Gasteiger partial charge in [-0.05, 0) is 31.9 Å². The highest BCUT2D eigenvalue weighted by Gasteiger charge is 2.24. The second-order valence-electron chi connectivity index (χ2n) is 5.98. The van der Waals surface area contributed by atoms with Crippen molar-refractivity contribution < 1.29 is 13.6 Å². The minimum Gasteiger partial charge on any atom is -0.348 e. The van der Waals surface area contributed by atoms with Crippen LogP contribution in [-0.2, 0) is 20.0 Å². The molecule has 24 heavy (non-hydrogen) atoms. The summed E-state index contributed by atoms with van der Waals surface area (Å²) in [7, 11) is 1.60. The molecule has 0 fully saturated rings. The fourth-order valence-electron chi connectivity index (χ4n) is 3.10. The highest BCUT2D eigenvalue weighted by Crippen LogP contribution is 2.19. The van der Waals surface area contributed by atoms with Gasteiger partial charge in [-0.1, -0.05) is 0 Å². The van der Waals surface area contributed by atoms with Crippen LogP contribution in [0, 0.1) is 6.92 Å². The smallest absolute Gasteiger partial charge is 0.345 e. The molecule has 130 valence electrons. The number of nitrogens with one attached hydrogen (secondary N) is 1. The van der Waals surface area contributed by atoms with Gasteiger partial charge in [-0.25, -0.2) is 9.48 Å². The Hall–Kier alpha value is -2.45. The lowest BCUT2D eigenvalue weighted by Crippen LogP contribution is -2.37. The van der Waals surface area contributed by atoms with Crippen molar-refractivity contribution >= 4 is 5.91 Å². The first-order valence-electron chi connectivity index (χ1n) is 7.78. The van der Waals surface area contributed by atoms with Crippen LogP contribution in [0.4, 0.5) is 8.78 Å². The number of amides is 1. The predicted molar refractivity (Wildman–Crippen MR) is 82.1 cm³/mol. The molecule has 0 spiro atoms. The molecule has 2 aromatic heterocycles. The quantitative estimate of drug-likeness (QED) is 0.914. The monoisotopic (exact) mass is 339 g/mol. The number of fused-ring (bicyclic) bond motifs is 1. The van der Waals surface area contributed by atoms with E-state index in [1.54, 1.807) is 11.6 Å². The maximum atomic E-state index is 13.1. The van der Waals surface area contributed by atoms with Gasteiger partial charge in [0.25, 0.3) is 5.91 Å². The summed E-state index contributed by atoms with van der Waals surface area (Å²) in [5.74, 6) is 0.159. The summed E-state index contributed by atoms with van der Waals surface area (Å²) in [6.07, 6.45) is 1.71. The van der Waals surface area contributed by atoms with Crippen molar-refractivity contribution in [1.82, 2.24) is 24.2 Å². The Morgan fingerprint density at radius 1 is 1.38 bits per heavy atom. The second kappa shape index (κ2) is 6.21. The summed E-state index contributed by atoms with van der Waals surface area (Å²) < 4.78 is 29.8. The Balaban J connectivity index is 1.72. The summed E-state index contributed by atoms with van der Waals surface area (Å²) >= 11 is 0. The summed E-state index contributed by atoms with van der Waals surface area (Å²) in [5, 5.41) is 6.97. The van der Waals surface area contributed by atoms with Gasteiger partial charge in [-0.3, -0.25) is 13.9 Å². The van der Waals surface area contributed by atoms with E-state index in [-0.39, 0.29) is 17.4 Å². The zero-order valence-electron chi connectivity index (χ0n) is 13.5. The number of hydrogen-bond acceptors (Lipinski definition) is 3. The Morgan fingerprint density at radius 3 is 2.83 bits per heavy atom. The Bertz CT molecular complexity index is 820. The first kappa shape index (κ1) is 16.4. The third kappa shape index (κ3) is 2.85. The molecular weight excluding hydrogens is 320 g/mol. The fraction of sp³-hybridized carbons (Fsp3) is 0.533. The number of nitrogens with zero attached hydrogens (tertiary/aromatic N) is 4. The molecule has 0 saturated heterocycles. The van der Waals surface area contributed by atoms with Gasteiger partial charge in [0.2, 0.25) is 0 Å². The minimum atomic E-state index is -2.76. The van der Waals surface area contributed by atoms with Crippen molar-refractivity contribution in [1.29, 1.82) is 0 Å². The lowest BCUT2D eigenvalue weighted by atomic mass is 10.1. The van der Waals surface area contributed by atoms with E-state index in [9.17, 15) is 18.4 Å². The molecule has 2 aromatic rings. The molecule has 0 aliphatic carbocycles. The lowest BCUT2D eigenvalue weighted by Gasteiger charge is -2.17. The van der Waals surface area contributed by atoms with E-state index in [0.29, 0.717) is 41.9 Å². The molecule has 7 nitrogen and oxygen atoms in total. The molecule has 9 heteroatoms. The van der Waals surface area contributed by atoms with E-state index in [1.807, 2.05) is 0 Å². The molecule has 3 heterocycles. The largest absolute Gasteiger partial charge is 0.348 e. The van der Waals surface area contributed by atoms with Crippen LogP contribution in [0.25, 0.3) is 0 Å². The SMILES string of the molecule is Cc1ccc(C(=O)NC2CCc3nn(C)c(=O)n3CC2)n1C(F)F. The highest BCUT2D eigenvalue weighted by atomic mass is 19.3. The standard InChI is InChI=1S/C15H19F2N5O2/c1-9-3-5-11(22(9)14(16)17)13(23)18-10-4-6-12-19-20(2)15(24)21(12)8-7-10/h3,5,10,14H,4,6-8H2,1-2H3,(H,18,23). The molecular formula is C15H19F2N5O2. The fourth-order valence-corrected chi connectivity index (χ4v) is 3.10. The summed E-state index contributed by atoms with van der Waals surface area (Å²) in [4.78, 5) is 24.3.